The second-order valence-electron chi connectivity index (χ2n) is 10.0. The first-order valence-corrected chi connectivity index (χ1v) is 14.5. The van der Waals surface area contributed by atoms with Crippen LogP contribution in [0.2, 0.25) is 0 Å². The maximum atomic E-state index is 13.1. The molecule has 0 bridgehead atoms. The van der Waals surface area contributed by atoms with Crippen LogP contribution in [0.15, 0.2) is 17.0 Å². The standard InChI is InChI=1S/C26H44N4O5S/c1-6-28-11-13-29(14-12-28)19-23-7-9-30(10-8-23)25(31)20-35-16-15-27(4)36(32,33)26-21(2)17-24(34-5)18-22(26)3/h17-18,23H,6-16,19-20H2,1-5H3. The first kappa shape index (κ1) is 28.8. The van der Waals surface area contributed by atoms with E-state index in [1.807, 2.05) is 4.90 Å². The predicted molar refractivity (Wildman–Crippen MR) is 141 cm³/mol. The second-order valence-corrected chi connectivity index (χ2v) is 12.0. The van der Waals surface area contributed by atoms with E-state index in [1.165, 1.54) is 11.4 Å². The number of nitrogens with zero attached hydrogens (tertiary/aromatic N) is 4. The third-order valence-electron chi connectivity index (χ3n) is 7.51. The third-order valence-corrected chi connectivity index (χ3v) is 9.67. The lowest BCUT2D eigenvalue weighted by atomic mass is 9.96. The lowest BCUT2D eigenvalue weighted by Crippen LogP contribution is -2.49. The monoisotopic (exact) mass is 524 g/mol. The molecule has 10 heteroatoms. The summed E-state index contributed by atoms with van der Waals surface area (Å²) in [5, 5.41) is 0. The molecule has 0 saturated carbocycles. The summed E-state index contributed by atoms with van der Waals surface area (Å²) in [6, 6.07) is 3.44. The molecule has 0 spiro atoms. The number of sulfonamides is 1. The average molecular weight is 525 g/mol. The number of ether oxygens (including phenoxy) is 2. The van der Waals surface area contributed by atoms with Crippen LogP contribution in [0.4, 0.5) is 0 Å². The summed E-state index contributed by atoms with van der Waals surface area (Å²) in [5.74, 6) is 1.26. The summed E-state index contributed by atoms with van der Waals surface area (Å²) in [6.45, 7) is 14.5. The smallest absolute Gasteiger partial charge is 0.248 e. The molecule has 0 atom stereocenters. The molecule has 2 aliphatic rings. The number of rotatable bonds is 11. The zero-order valence-electron chi connectivity index (χ0n) is 22.7. The zero-order chi connectivity index (χ0) is 26.3. The van der Waals surface area contributed by atoms with Crippen molar-refractivity contribution in [3.63, 3.8) is 0 Å². The fraction of sp³-hybridized carbons (Fsp3) is 0.731. The van der Waals surface area contributed by atoms with E-state index in [4.69, 9.17) is 9.47 Å². The van der Waals surface area contributed by atoms with Gasteiger partial charge in [-0.25, -0.2) is 8.42 Å². The summed E-state index contributed by atoms with van der Waals surface area (Å²) in [5.41, 5.74) is 1.28. The number of amides is 1. The SMILES string of the molecule is CCN1CCN(CC2CCN(C(=O)COCCN(C)S(=O)(=O)c3c(C)cc(OC)cc3C)CC2)CC1. The first-order chi connectivity index (χ1) is 17.1. The molecule has 1 aromatic carbocycles. The van der Waals surface area contributed by atoms with Crippen LogP contribution >= 0.6 is 0 Å². The van der Waals surface area contributed by atoms with Gasteiger partial charge in [0.1, 0.15) is 12.4 Å². The van der Waals surface area contributed by atoms with Gasteiger partial charge in [0, 0.05) is 59.4 Å². The van der Waals surface area contributed by atoms with Crippen molar-refractivity contribution in [3.05, 3.63) is 23.3 Å². The van der Waals surface area contributed by atoms with Gasteiger partial charge in [0.05, 0.1) is 18.6 Å². The number of piperazine rings is 1. The maximum absolute atomic E-state index is 13.1. The Hall–Kier alpha value is -1.72. The summed E-state index contributed by atoms with van der Waals surface area (Å²) in [4.78, 5) is 19.9. The Morgan fingerprint density at radius 3 is 2.17 bits per heavy atom. The van der Waals surface area contributed by atoms with Gasteiger partial charge in [0.2, 0.25) is 15.9 Å². The number of benzene rings is 1. The van der Waals surface area contributed by atoms with Gasteiger partial charge in [-0.15, -0.1) is 0 Å². The van der Waals surface area contributed by atoms with Crippen molar-refractivity contribution in [2.45, 2.75) is 38.5 Å². The highest BCUT2D eigenvalue weighted by atomic mass is 32.2. The van der Waals surface area contributed by atoms with E-state index in [2.05, 4.69) is 16.7 Å². The minimum atomic E-state index is -3.67. The number of methoxy groups -OCH3 is 1. The molecule has 2 fully saturated rings. The molecule has 1 amide bonds. The van der Waals surface area contributed by atoms with Crippen molar-refractivity contribution in [3.8, 4) is 5.75 Å². The number of piperidine rings is 1. The molecule has 9 nitrogen and oxygen atoms in total. The van der Waals surface area contributed by atoms with Gasteiger partial charge in [-0.1, -0.05) is 6.92 Å². The van der Waals surface area contributed by atoms with Crippen LogP contribution in [0.5, 0.6) is 5.75 Å². The molecule has 0 unspecified atom stereocenters. The normalized spacial score (nSPS) is 18.7. The molecular weight excluding hydrogens is 480 g/mol. The van der Waals surface area contributed by atoms with Crippen LogP contribution in [-0.2, 0) is 19.6 Å². The number of hydrogen-bond donors (Lipinski definition) is 0. The van der Waals surface area contributed by atoms with E-state index in [1.54, 1.807) is 33.1 Å². The summed E-state index contributed by atoms with van der Waals surface area (Å²) < 4.78 is 38.3. The van der Waals surface area contributed by atoms with Gasteiger partial charge in [0.15, 0.2) is 0 Å². The number of aryl methyl sites for hydroxylation is 2. The molecule has 36 heavy (non-hydrogen) atoms. The van der Waals surface area contributed by atoms with Crippen molar-refractivity contribution in [2.24, 2.45) is 5.92 Å². The molecule has 2 aliphatic heterocycles. The van der Waals surface area contributed by atoms with E-state index < -0.39 is 10.0 Å². The highest BCUT2D eigenvalue weighted by Gasteiger charge is 2.27. The Balaban J connectivity index is 1.37. The molecule has 2 heterocycles. The van der Waals surface area contributed by atoms with E-state index in [-0.39, 0.29) is 30.6 Å². The lowest BCUT2D eigenvalue weighted by molar-refractivity contribution is -0.137. The third kappa shape index (κ3) is 7.41. The van der Waals surface area contributed by atoms with Crippen molar-refractivity contribution in [1.29, 1.82) is 0 Å². The molecule has 3 rings (SSSR count). The summed E-state index contributed by atoms with van der Waals surface area (Å²) in [6.07, 6.45) is 2.06. The molecule has 0 N–H and O–H groups in total. The van der Waals surface area contributed by atoms with Crippen molar-refractivity contribution < 1.29 is 22.7 Å². The number of hydrogen-bond acceptors (Lipinski definition) is 7. The first-order valence-electron chi connectivity index (χ1n) is 13.1. The van der Waals surface area contributed by atoms with Crippen LogP contribution in [0.3, 0.4) is 0 Å². The van der Waals surface area contributed by atoms with E-state index in [0.29, 0.717) is 22.8 Å². The summed E-state index contributed by atoms with van der Waals surface area (Å²) >= 11 is 0. The van der Waals surface area contributed by atoms with Gasteiger partial charge < -0.3 is 24.2 Å². The fourth-order valence-corrected chi connectivity index (χ4v) is 6.73. The molecule has 2 saturated heterocycles. The van der Waals surface area contributed by atoms with Gasteiger partial charge in [-0.05, 0) is 62.4 Å². The number of carbonyl (C=O) groups excluding carboxylic acids is 1. The molecule has 0 aromatic heterocycles. The fourth-order valence-electron chi connectivity index (χ4n) is 5.17. The second kappa shape index (κ2) is 13.2. The van der Waals surface area contributed by atoms with Gasteiger partial charge in [-0.3, -0.25) is 4.79 Å². The topological polar surface area (TPSA) is 82.6 Å². The molecule has 204 valence electrons. The summed E-state index contributed by atoms with van der Waals surface area (Å²) in [7, 11) is -0.575. The van der Waals surface area contributed by atoms with Crippen molar-refractivity contribution >= 4 is 15.9 Å². The average Bonchev–Trinajstić information content (AvgIpc) is 2.86. The Bertz CT molecular complexity index is 948. The number of likely N-dealkylation sites (tertiary alicyclic amines) is 1. The predicted octanol–water partition coefficient (Wildman–Crippen LogP) is 1.83. The highest BCUT2D eigenvalue weighted by molar-refractivity contribution is 7.89. The molecule has 0 radical (unpaired) electrons. The van der Waals surface area contributed by atoms with Crippen molar-refractivity contribution in [1.82, 2.24) is 19.0 Å². The van der Waals surface area contributed by atoms with Crippen LogP contribution in [-0.4, -0.2) is 120 Å². The van der Waals surface area contributed by atoms with Crippen molar-refractivity contribution in [2.75, 3.05) is 86.3 Å². The Morgan fingerprint density at radius 2 is 1.61 bits per heavy atom. The minimum Gasteiger partial charge on any atom is -0.497 e. The van der Waals surface area contributed by atoms with E-state index >= 15 is 0 Å². The molecular formula is C26H44N4O5S. The highest BCUT2D eigenvalue weighted by Crippen LogP contribution is 2.27. The van der Waals surface area contributed by atoms with E-state index in [9.17, 15) is 13.2 Å². The van der Waals surface area contributed by atoms with Gasteiger partial charge >= 0.3 is 0 Å². The minimum absolute atomic E-state index is 0.0158. The number of likely N-dealkylation sites (N-methyl/N-ethyl adjacent to an activating group) is 2. The zero-order valence-corrected chi connectivity index (χ0v) is 23.5. The lowest BCUT2D eigenvalue weighted by Gasteiger charge is -2.38. The number of carbonyl (C=O) groups is 1. The molecule has 0 aliphatic carbocycles. The van der Waals surface area contributed by atoms with Crippen LogP contribution in [0, 0.1) is 19.8 Å². The van der Waals surface area contributed by atoms with Gasteiger partial charge in [-0.2, -0.15) is 4.31 Å². The van der Waals surface area contributed by atoms with Crippen LogP contribution in [0.25, 0.3) is 0 Å². The maximum Gasteiger partial charge on any atom is 0.248 e. The van der Waals surface area contributed by atoms with Gasteiger partial charge in [0.25, 0.3) is 0 Å². The van der Waals surface area contributed by atoms with Crippen LogP contribution in [0.1, 0.15) is 30.9 Å². The Morgan fingerprint density at radius 1 is 1.03 bits per heavy atom. The van der Waals surface area contributed by atoms with E-state index in [0.717, 1.165) is 65.2 Å². The Kier molecular flexibility index (Phi) is 10.6. The molecule has 1 aromatic rings. The largest absolute Gasteiger partial charge is 0.497 e. The van der Waals surface area contributed by atoms with Crippen LogP contribution < -0.4 is 4.74 Å². The quantitative estimate of drug-likeness (QED) is 0.409. The Labute approximate surface area is 217 Å².